The van der Waals surface area contributed by atoms with E-state index in [-0.39, 0.29) is 11.6 Å². The molecule has 0 aliphatic carbocycles. The molecule has 0 saturated heterocycles. The Morgan fingerprint density at radius 1 is 1.44 bits per heavy atom. The molecule has 0 aliphatic heterocycles. The largest absolute Gasteiger partial charge is 0.494 e. The highest BCUT2D eigenvalue weighted by Gasteiger charge is 2.04. The summed E-state index contributed by atoms with van der Waals surface area (Å²) in [5.74, 6) is -0.0152. The van der Waals surface area contributed by atoms with Gasteiger partial charge in [0.25, 0.3) is 0 Å². The number of methoxy groups -OCH3 is 1. The molecule has 0 atom stereocenters. The van der Waals surface area contributed by atoms with E-state index in [2.05, 4.69) is 12.2 Å². The van der Waals surface area contributed by atoms with E-state index in [1.54, 1.807) is 24.3 Å². The maximum Gasteiger partial charge on any atom is 0.172 e. The highest BCUT2D eigenvalue weighted by Crippen LogP contribution is 2.20. The fraction of sp³-hybridized carbons (Fsp3) is 0.385. The van der Waals surface area contributed by atoms with Crippen LogP contribution in [0.4, 0.5) is 4.39 Å². The van der Waals surface area contributed by atoms with Crippen LogP contribution < -0.4 is 10.1 Å². The third kappa shape index (κ3) is 3.66. The van der Waals surface area contributed by atoms with Crippen molar-refractivity contribution >= 4 is 6.08 Å². The zero-order valence-corrected chi connectivity index (χ0v) is 9.79. The van der Waals surface area contributed by atoms with E-state index in [1.165, 1.54) is 7.11 Å². The minimum absolute atomic E-state index is 0.286. The fourth-order valence-electron chi connectivity index (χ4n) is 1.39. The molecular weight excluding hydrogens is 205 g/mol. The number of halogens is 1. The third-order valence-electron chi connectivity index (χ3n) is 2.25. The average Bonchev–Trinajstić information content (AvgIpc) is 2.31. The summed E-state index contributed by atoms with van der Waals surface area (Å²) in [5, 5.41) is 3.20. The van der Waals surface area contributed by atoms with Gasteiger partial charge in [-0.25, -0.2) is 4.39 Å². The van der Waals surface area contributed by atoms with E-state index in [0.29, 0.717) is 5.56 Å². The van der Waals surface area contributed by atoms with Crippen molar-refractivity contribution in [2.75, 3.05) is 20.2 Å². The Morgan fingerprint density at radius 3 is 2.94 bits per heavy atom. The fourth-order valence-corrected chi connectivity index (χ4v) is 1.39. The van der Waals surface area contributed by atoms with Gasteiger partial charge in [-0.1, -0.05) is 31.2 Å². The maximum atomic E-state index is 13.7. The lowest BCUT2D eigenvalue weighted by Crippen LogP contribution is -2.12. The number of nitrogens with one attached hydrogen (secondary N) is 1. The van der Waals surface area contributed by atoms with Crippen molar-refractivity contribution in [2.24, 2.45) is 0 Å². The quantitative estimate of drug-likeness (QED) is 0.749. The van der Waals surface area contributed by atoms with Crippen molar-refractivity contribution < 1.29 is 9.13 Å². The lowest BCUT2D eigenvalue weighted by atomic mass is 10.1. The van der Waals surface area contributed by atoms with Crippen molar-refractivity contribution in [1.82, 2.24) is 5.32 Å². The van der Waals surface area contributed by atoms with Gasteiger partial charge >= 0.3 is 0 Å². The third-order valence-corrected chi connectivity index (χ3v) is 2.25. The van der Waals surface area contributed by atoms with Crippen LogP contribution in [0.15, 0.2) is 24.3 Å². The van der Waals surface area contributed by atoms with Gasteiger partial charge in [-0.3, -0.25) is 0 Å². The summed E-state index contributed by atoms with van der Waals surface area (Å²) >= 11 is 0. The van der Waals surface area contributed by atoms with Gasteiger partial charge in [0.15, 0.2) is 11.6 Å². The molecule has 88 valence electrons. The number of benzene rings is 1. The Balaban J connectivity index is 2.59. The highest BCUT2D eigenvalue weighted by atomic mass is 19.1. The Kier molecular flexibility index (Phi) is 5.57. The Hall–Kier alpha value is -1.35. The first-order chi connectivity index (χ1) is 7.79. The van der Waals surface area contributed by atoms with Crippen molar-refractivity contribution in [1.29, 1.82) is 0 Å². The maximum absolute atomic E-state index is 13.7. The topological polar surface area (TPSA) is 21.3 Å². The first kappa shape index (κ1) is 12.7. The van der Waals surface area contributed by atoms with Crippen molar-refractivity contribution in [2.45, 2.75) is 13.3 Å². The number of ether oxygens (including phenoxy) is 1. The molecule has 2 nitrogen and oxygen atoms in total. The SMILES string of the molecule is CCNCC/C=C/c1cccc(OC)c1F. The van der Waals surface area contributed by atoms with Crippen molar-refractivity contribution in [3.05, 3.63) is 35.7 Å². The van der Waals surface area contributed by atoms with Crippen LogP contribution in [0.1, 0.15) is 18.9 Å². The first-order valence-corrected chi connectivity index (χ1v) is 5.49. The normalized spacial score (nSPS) is 10.9. The van der Waals surface area contributed by atoms with Crippen LogP contribution in [0.2, 0.25) is 0 Å². The molecule has 1 aromatic rings. The highest BCUT2D eigenvalue weighted by molar-refractivity contribution is 5.52. The van der Waals surface area contributed by atoms with Crippen LogP contribution in [0.25, 0.3) is 6.08 Å². The molecule has 0 spiro atoms. The van der Waals surface area contributed by atoms with Gasteiger partial charge < -0.3 is 10.1 Å². The number of hydrogen-bond acceptors (Lipinski definition) is 2. The van der Waals surface area contributed by atoms with Crippen LogP contribution >= 0.6 is 0 Å². The summed E-state index contributed by atoms with van der Waals surface area (Å²) in [7, 11) is 1.47. The lowest BCUT2D eigenvalue weighted by Gasteiger charge is -2.03. The number of hydrogen-bond donors (Lipinski definition) is 1. The molecule has 0 bridgehead atoms. The summed E-state index contributed by atoms with van der Waals surface area (Å²) in [6, 6.07) is 5.14. The van der Waals surface area contributed by atoms with E-state index in [4.69, 9.17) is 4.74 Å². The number of rotatable bonds is 6. The Morgan fingerprint density at radius 2 is 2.25 bits per heavy atom. The average molecular weight is 223 g/mol. The molecular formula is C13H18FNO. The van der Waals surface area contributed by atoms with Crippen LogP contribution in [0.3, 0.4) is 0 Å². The van der Waals surface area contributed by atoms with E-state index in [1.807, 2.05) is 6.08 Å². The minimum atomic E-state index is -0.301. The van der Waals surface area contributed by atoms with E-state index < -0.39 is 0 Å². The summed E-state index contributed by atoms with van der Waals surface area (Å²) in [5.41, 5.74) is 0.566. The summed E-state index contributed by atoms with van der Waals surface area (Å²) in [6.45, 7) is 3.94. The molecule has 3 heteroatoms. The molecule has 0 amide bonds. The van der Waals surface area contributed by atoms with Crippen molar-refractivity contribution in [3.8, 4) is 5.75 Å². The van der Waals surface area contributed by atoms with Gasteiger partial charge in [0.2, 0.25) is 0 Å². The molecule has 0 radical (unpaired) electrons. The van der Waals surface area contributed by atoms with Crippen LogP contribution in [-0.4, -0.2) is 20.2 Å². The van der Waals surface area contributed by atoms with Gasteiger partial charge in [-0.15, -0.1) is 0 Å². The smallest absolute Gasteiger partial charge is 0.172 e. The lowest BCUT2D eigenvalue weighted by molar-refractivity contribution is 0.386. The Labute approximate surface area is 96.1 Å². The minimum Gasteiger partial charge on any atom is -0.494 e. The Bertz CT molecular complexity index is 350. The molecule has 0 unspecified atom stereocenters. The van der Waals surface area contributed by atoms with E-state index in [9.17, 15) is 4.39 Å². The second-order valence-electron chi connectivity index (χ2n) is 3.41. The zero-order chi connectivity index (χ0) is 11.8. The zero-order valence-electron chi connectivity index (χ0n) is 9.79. The van der Waals surface area contributed by atoms with E-state index >= 15 is 0 Å². The molecule has 1 aromatic carbocycles. The van der Waals surface area contributed by atoms with Gasteiger partial charge in [0, 0.05) is 5.56 Å². The molecule has 1 N–H and O–H groups in total. The van der Waals surface area contributed by atoms with Gasteiger partial charge in [-0.2, -0.15) is 0 Å². The summed E-state index contributed by atoms with van der Waals surface area (Å²) in [6.07, 6.45) is 4.64. The first-order valence-electron chi connectivity index (χ1n) is 5.49. The molecule has 0 saturated carbocycles. The van der Waals surface area contributed by atoms with Gasteiger partial charge in [0.05, 0.1) is 7.11 Å². The molecule has 0 fully saturated rings. The van der Waals surface area contributed by atoms with Crippen molar-refractivity contribution in [3.63, 3.8) is 0 Å². The summed E-state index contributed by atoms with van der Waals surface area (Å²) in [4.78, 5) is 0. The van der Waals surface area contributed by atoms with Crippen LogP contribution in [-0.2, 0) is 0 Å². The summed E-state index contributed by atoms with van der Waals surface area (Å²) < 4.78 is 18.6. The van der Waals surface area contributed by atoms with Gasteiger partial charge in [-0.05, 0) is 25.6 Å². The monoisotopic (exact) mass is 223 g/mol. The predicted octanol–water partition coefficient (Wildman–Crippen LogP) is 2.85. The second-order valence-corrected chi connectivity index (χ2v) is 3.41. The molecule has 0 heterocycles. The molecule has 1 rings (SSSR count). The molecule has 16 heavy (non-hydrogen) atoms. The molecule has 0 aromatic heterocycles. The molecule has 0 aliphatic rings. The van der Waals surface area contributed by atoms with Crippen LogP contribution in [0, 0.1) is 5.82 Å². The van der Waals surface area contributed by atoms with Gasteiger partial charge in [0.1, 0.15) is 0 Å². The standard InChI is InChI=1S/C13H18FNO/c1-3-15-10-5-4-7-11-8-6-9-12(16-2)13(11)14/h4,6-9,15H,3,5,10H2,1-2H3/b7-4+. The van der Waals surface area contributed by atoms with E-state index in [0.717, 1.165) is 19.5 Å². The second kappa shape index (κ2) is 7.01. The predicted molar refractivity (Wildman–Crippen MR) is 65.1 cm³/mol. The van der Waals surface area contributed by atoms with Crippen LogP contribution in [0.5, 0.6) is 5.75 Å².